The molecule has 1 saturated carbocycles. The maximum Gasteiger partial charge on any atom is 0.237 e. The van der Waals surface area contributed by atoms with Crippen molar-refractivity contribution >= 4 is 23.8 Å². The van der Waals surface area contributed by atoms with Crippen LogP contribution in [0.3, 0.4) is 0 Å². The molecule has 16 heavy (non-hydrogen) atoms. The number of carbonyl (C=O) groups excluding carboxylic acids is 3. The topological polar surface area (TPSA) is 54.5 Å². The number of nitrogens with zero attached hydrogens (tertiary/aromatic N) is 1. The van der Waals surface area contributed by atoms with E-state index in [1.54, 1.807) is 24.3 Å². The number of rotatable bonds is 2. The van der Waals surface area contributed by atoms with Gasteiger partial charge in [0.25, 0.3) is 0 Å². The fourth-order valence-corrected chi connectivity index (χ4v) is 2.14. The second-order valence-corrected chi connectivity index (χ2v) is 4.17. The Morgan fingerprint density at radius 2 is 1.62 bits per heavy atom. The summed E-state index contributed by atoms with van der Waals surface area (Å²) in [5.41, 5.74) is 1.10. The summed E-state index contributed by atoms with van der Waals surface area (Å²) in [5.74, 6) is -0.376. The molecule has 2 fully saturated rings. The maximum absolute atomic E-state index is 11.7. The highest BCUT2D eigenvalue weighted by Crippen LogP contribution is 2.48. The molecule has 1 heterocycles. The molecular weight excluding hydrogens is 206 g/mol. The van der Waals surface area contributed by atoms with Crippen LogP contribution in [0.25, 0.3) is 0 Å². The van der Waals surface area contributed by atoms with Crippen LogP contribution in [-0.2, 0) is 9.59 Å². The van der Waals surface area contributed by atoms with Crippen molar-refractivity contribution < 1.29 is 14.4 Å². The van der Waals surface area contributed by atoms with Crippen LogP contribution in [-0.4, -0.2) is 18.1 Å². The molecule has 0 N–H and O–H groups in total. The summed E-state index contributed by atoms with van der Waals surface area (Å²) in [6.07, 6.45) is 1.44. The molecule has 0 spiro atoms. The van der Waals surface area contributed by atoms with Gasteiger partial charge < -0.3 is 0 Å². The number of piperidine rings is 1. The Morgan fingerprint density at radius 3 is 2.12 bits per heavy atom. The summed E-state index contributed by atoms with van der Waals surface area (Å²) in [6, 6.07) is 6.47. The number of benzene rings is 1. The predicted octanol–water partition coefficient (Wildman–Crippen LogP) is 1.01. The van der Waals surface area contributed by atoms with E-state index in [0.29, 0.717) is 17.7 Å². The van der Waals surface area contributed by atoms with Crippen LogP contribution in [0, 0.1) is 11.8 Å². The quantitative estimate of drug-likeness (QED) is 0.546. The van der Waals surface area contributed by atoms with Crippen LogP contribution in [0.5, 0.6) is 0 Å². The van der Waals surface area contributed by atoms with E-state index in [1.807, 2.05) is 0 Å². The number of anilines is 1. The number of fused-ring (bicyclic) bond motifs is 1. The first-order valence-corrected chi connectivity index (χ1v) is 5.15. The number of hydrogen-bond donors (Lipinski definition) is 0. The summed E-state index contributed by atoms with van der Waals surface area (Å²) in [4.78, 5) is 35.2. The molecule has 4 nitrogen and oxygen atoms in total. The third kappa shape index (κ3) is 1.13. The lowest BCUT2D eigenvalue weighted by molar-refractivity contribution is -0.123. The van der Waals surface area contributed by atoms with E-state index in [0.717, 1.165) is 6.29 Å². The highest BCUT2D eigenvalue weighted by molar-refractivity contribution is 6.24. The third-order valence-corrected chi connectivity index (χ3v) is 3.15. The summed E-state index contributed by atoms with van der Waals surface area (Å²) >= 11 is 0. The fraction of sp³-hybridized carbons (Fsp3) is 0.250. The molecule has 1 aliphatic carbocycles. The van der Waals surface area contributed by atoms with Gasteiger partial charge in [-0.15, -0.1) is 0 Å². The second-order valence-electron chi connectivity index (χ2n) is 4.17. The molecule has 1 aliphatic heterocycles. The molecule has 0 bridgehead atoms. The minimum Gasteiger partial charge on any atom is -0.298 e. The summed E-state index contributed by atoms with van der Waals surface area (Å²) in [7, 11) is 0. The van der Waals surface area contributed by atoms with Crippen molar-refractivity contribution in [2.24, 2.45) is 11.8 Å². The van der Waals surface area contributed by atoms with Crippen molar-refractivity contribution in [1.82, 2.24) is 0 Å². The monoisotopic (exact) mass is 215 g/mol. The van der Waals surface area contributed by atoms with Gasteiger partial charge in [0.15, 0.2) is 0 Å². The molecule has 3 rings (SSSR count). The van der Waals surface area contributed by atoms with E-state index in [-0.39, 0.29) is 23.7 Å². The summed E-state index contributed by atoms with van der Waals surface area (Å²) in [6.45, 7) is 0. The lowest BCUT2D eigenvalue weighted by Gasteiger charge is -2.16. The van der Waals surface area contributed by atoms with E-state index < -0.39 is 0 Å². The average molecular weight is 215 g/mol. The van der Waals surface area contributed by atoms with Gasteiger partial charge >= 0.3 is 0 Å². The van der Waals surface area contributed by atoms with E-state index in [1.165, 1.54) is 4.90 Å². The van der Waals surface area contributed by atoms with Crippen molar-refractivity contribution in [2.75, 3.05) is 4.90 Å². The van der Waals surface area contributed by atoms with Crippen LogP contribution in [0.4, 0.5) is 5.69 Å². The van der Waals surface area contributed by atoms with Crippen LogP contribution >= 0.6 is 0 Å². The van der Waals surface area contributed by atoms with Crippen molar-refractivity contribution in [3.63, 3.8) is 0 Å². The van der Waals surface area contributed by atoms with Gasteiger partial charge in [0.05, 0.1) is 17.5 Å². The van der Waals surface area contributed by atoms with Crippen molar-refractivity contribution in [2.45, 2.75) is 6.42 Å². The smallest absolute Gasteiger partial charge is 0.237 e. The van der Waals surface area contributed by atoms with Gasteiger partial charge in [-0.2, -0.15) is 0 Å². The van der Waals surface area contributed by atoms with Crippen LogP contribution in [0.15, 0.2) is 24.3 Å². The normalized spacial score (nSPS) is 26.9. The minimum atomic E-state index is -0.103. The van der Waals surface area contributed by atoms with Crippen molar-refractivity contribution in [3.05, 3.63) is 29.8 Å². The Bertz CT molecular complexity index is 471. The number of carbonyl (C=O) groups is 3. The van der Waals surface area contributed by atoms with Gasteiger partial charge in [-0.3, -0.25) is 19.3 Å². The zero-order valence-electron chi connectivity index (χ0n) is 8.42. The van der Waals surface area contributed by atoms with Crippen LogP contribution in [0.2, 0.25) is 0 Å². The molecule has 1 aromatic rings. The molecule has 0 aromatic heterocycles. The Kier molecular flexibility index (Phi) is 1.74. The molecular formula is C12H9NO3. The molecule has 1 aromatic carbocycles. The second kappa shape index (κ2) is 3.01. The lowest BCUT2D eigenvalue weighted by Crippen LogP contribution is -2.32. The zero-order valence-corrected chi connectivity index (χ0v) is 8.42. The Morgan fingerprint density at radius 1 is 1.06 bits per heavy atom. The van der Waals surface area contributed by atoms with Gasteiger partial charge in [0.1, 0.15) is 6.29 Å². The van der Waals surface area contributed by atoms with E-state index in [9.17, 15) is 14.4 Å². The molecule has 80 valence electrons. The Labute approximate surface area is 91.9 Å². The molecule has 2 atom stereocenters. The van der Waals surface area contributed by atoms with Gasteiger partial charge in [-0.25, -0.2) is 0 Å². The van der Waals surface area contributed by atoms with Gasteiger partial charge in [0.2, 0.25) is 11.8 Å². The lowest BCUT2D eigenvalue weighted by atomic mass is 10.2. The number of imide groups is 1. The first-order valence-electron chi connectivity index (χ1n) is 5.15. The Balaban J connectivity index is 1.95. The number of amides is 2. The SMILES string of the molecule is O=Cc1ccc(N2C(=O)C3CC3C2=O)cc1. The molecule has 1 saturated heterocycles. The van der Waals surface area contributed by atoms with Crippen LogP contribution < -0.4 is 4.90 Å². The number of hydrogen-bond acceptors (Lipinski definition) is 3. The third-order valence-electron chi connectivity index (χ3n) is 3.15. The molecule has 0 radical (unpaired) electrons. The Hall–Kier alpha value is -1.97. The first kappa shape index (κ1) is 9.27. The summed E-state index contributed by atoms with van der Waals surface area (Å²) < 4.78 is 0. The number of aldehydes is 1. The first-order chi connectivity index (χ1) is 7.72. The molecule has 2 amide bonds. The maximum atomic E-state index is 11.7. The standard InChI is InChI=1S/C12H9NO3/c14-6-7-1-3-8(4-2-7)13-11(15)9-5-10(9)12(13)16/h1-4,6,9-10H,5H2. The summed E-state index contributed by atoms with van der Waals surface area (Å²) in [5, 5.41) is 0. The van der Waals surface area contributed by atoms with Crippen molar-refractivity contribution in [1.29, 1.82) is 0 Å². The fourth-order valence-electron chi connectivity index (χ4n) is 2.14. The van der Waals surface area contributed by atoms with Crippen molar-refractivity contribution in [3.8, 4) is 0 Å². The minimum absolute atomic E-state index is 0.0850. The highest BCUT2D eigenvalue weighted by atomic mass is 16.2. The predicted molar refractivity (Wildman–Crippen MR) is 55.9 cm³/mol. The zero-order chi connectivity index (χ0) is 11.3. The molecule has 2 aliphatic rings. The van der Waals surface area contributed by atoms with Gasteiger partial charge in [-0.05, 0) is 30.7 Å². The molecule has 2 unspecified atom stereocenters. The van der Waals surface area contributed by atoms with Gasteiger partial charge in [-0.1, -0.05) is 0 Å². The largest absolute Gasteiger partial charge is 0.298 e. The average Bonchev–Trinajstić information content (AvgIpc) is 3.05. The molecule has 4 heteroatoms. The van der Waals surface area contributed by atoms with Crippen LogP contribution in [0.1, 0.15) is 16.8 Å². The van der Waals surface area contributed by atoms with E-state index in [2.05, 4.69) is 0 Å². The highest BCUT2D eigenvalue weighted by Gasteiger charge is 2.59. The van der Waals surface area contributed by atoms with Gasteiger partial charge in [0, 0.05) is 5.56 Å². The van der Waals surface area contributed by atoms with E-state index in [4.69, 9.17) is 0 Å². The van der Waals surface area contributed by atoms with E-state index >= 15 is 0 Å².